The number of amides is 1. The predicted octanol–water partition coefficient (Wildman–Crippen LogP) is 3.78. The van der Waals surface area contributed by atoms with Crippen LogP contribution in [0.1, 0.15) is 32.1 Å². The highest BCUT2D eigenvalue weighted by molar-refractivity contribution is 7.86. The van der Waals surface area contributed by atoms with E-state index in [1.54, 1.807) is 5.48 Å². The van der Waals surface area contributed by atoms with E-state index in [9.17, 15) is 9.00 Å². The Kier molecular flexibility index (Phi) is 6.25. The van der Waals surface area contributed by atoms with Crippen molar-refractivity contribution >= 4 is 22.6 Å². The van der Waals surface area contributed by atoms with E-state index >= 15 is 0 Å². The van der Waals surface area contributed by atoms with Gasteiger partial charge in [0.15, 0.2) is 16.7 Å². The Morgan fingerprint density at radius 3 is 2.50 bits per heavy atom. The van der Waals surface area contributed by atoms with Crippen LogP contribution in [0, 0.1) is 0 Å². The number of hydrogen-bond acceptors (Lipinski definition) is 4. The Morgan fingerprint density at radius 1 is 1.00 bits per heavy atom. The molecule has 0 aromatic heterocycles. The topological polar surface area (TPSA) is 78.9 Å². The summed E-state index contributed by atoms with van der Waals surface area (Å²) in [5, 5.41) is 8.48. The van der Waals surface area contributed by atoms with Gasteiger partial charge in [-0.05, 0) is 37.1 Å². The van der Waals surface area contributed by atoms with Crippen LogP contribution in [0.3, 0.4) is 0 Å². The fraction of sp³-hybridized carbons (Fsp3) is 0.316. The number of nitrogens with zero attached hydrogens (tertiary/aromatic N) is 1. The van der Waals surface area contributed by atoms with Gasteiger partial charge in [-0.1, -0.05) is 37.1 Å². The average Bonchev–Trinajstić information content (AvgIpc) is 2.79. The van der Waals surface area contributed by atoms with E-state index in [1.165, 1.54) is 0 Å². The van der Waals surface area contributed by atoms with Gasteiger partial charge in [0.05, 0.1) is 5.69 Å². The molecule has 1 aliphatic heterocycles. The van der Waals surface area contributed by atoms with E-state index in [2.05, 4.69) is 0 Å². The van der Waals surface area contributed by atoms with Gasteiger partial charge < -0.3 is 4.74 Å². The predicted molar refractivity (Wildman–Crippen MR) is 99.7 cm³/mol. The maximum absolute atomic E-state index is 13.1. The molecular weight excluding hydrogens is 352 g/mol. The lowest BCUT2D eigenvalue weighted by Crippen LogP contribution is -2.26. The highest BCUT2D eigenvalue weighted by atomic mass is 32.2. The van der Waals surface area contributed by atoms with Crippen LogP contribution in [0.25, 0.3) is 0 Å². The quantitative estimate of drug-likeness (QED) is 0.439. The number of ether oxygens (including phenoxy) is 1. The van der Waals surface area contributed by atoms with Crippen molar-refractivity contribution in [1.82, 2.24) is 5.48 Å². The van der Waals surface area contributed by atoms with E-state index in [0.29, 0.717) is 29.4 Å². The lowest BCUT2D eigenvalue weighted by molar-refractivity contribution is -0.129. The molecule has 7 heteroatoms. The monoisotopic (exact) mass is 374 g/mol. The summed E-state index contributed by atoms with van der Waals surface area (Å²) in [6.45, 7) is 0.632. The van der Waals surface area contributed by atoms with Gasteiger partial charge in [0.1, 0.15) is 10.6 Å². The number of benzene rings is 2. The molecule has 0 radical (unpaired) electrons. The maximum atomic E-state index is 13.1. The number of unbranched alkanes of at least 4 members (excludes halogenated alkanes) is 3. The zero-order chi connectivity index (χ0) is 18.4. The average molecular weight is 374 g/mol. The van der Waals surface area contributed by atoms with Crippen molar-refractivity contribution in [3.8, 4) is 11.5 Å². The van der Waals surface area contributed by atoms with Gasteiger partial charge >= 0.3 is 0 Å². The third-order valence-corrected chi connectivity index (χ3v) is 5.72. The standard InChI is InChI=1S/C19H22N2O4S/c22-19(20-23)13-3-1-2-8-14-21-15-9-4-5-10-16(15)25-17-11-6-7-12-18(17)26(21)24/h4-7,9-12,23H,1-3,8,13-14H2,(H,20,22). The summed E-state index contributed by atoms with van der Waals surface area (Å²) in [7, 11) is -1.34. The van der Waals surface area contributed by atoms with Gasteiger partial charge in [-0.15, -0.1) is 0 Å². The normalized spacial score (nSPS) is 15.4. The summed E-state index contributed by atoms with van der Waals surface area (Å²) in [5.74, 6) is 0.961. The van der Waals surface area contributed by atoms with Crippen molar-refractivity contribution in [3.05, 3.63) is 48.5 Å². The summed E-state index contributed by atoms with van der Waals surface area (Å²) in [6.07, 6.45) is 3.68. The second-order valence-corrected chi connectivity index (χ2v) is 7.45. The molecular formula is C19H22N2O4S. The van der Waals surface area contributed by atoms with E-state index < -0.39 is 11.0 Å². The second kappa shape index (κ2) is 8.82. The number of para-hydroxylation sites is 3. The van der Waals surface area contributed by atoms with Crippen molar-refractivity contribution in [3.63, 3.8) is 0 Å². The van der Waals surface area contributed by atoms with Crippen LogP contribution in [0.4, 0.5) is 5.69 Å². The molecule has 0 saturated carbocycles. The number of carbonyl (C=O) groups is 1. The smallest absolute Gasteiger partial charge is 0.243 e. The van der Waals surface area contributed by atoms with Crippen LogP contribution in [0.2, 0.25) is 0 Å². The fourth-order valence-electron chi connectivity index (χ4n) is 2.91. The molecule has 1 heterocycles. The first-order chi connectivity index (χ1) is 12.7. The number of anilines is 1. The molecule has 1 atom stereocenters. The number of fused-ring (bicyclic) bond motifs is 2. The molecule has 1 unspecified atom stereocenters. The van der Waals surface area contributed by atoms with Crippen LogP contribution >= 0.6 is 0 Å². The minimum absolute atomic E-state index is 0.316. The van der Waals surface area contributed by atoms with E-state index in [4.69, 9.17) is 9.94 Å². The molecule has 6 nitrogen and oxygen atoms in total. The van der Waals surface area contributed by atoms with Gasteiger partial charge in [-0.2, -0.15) is 0 Å². The molecule has 3 rings (SSSR count). The number of hydrogen-bond donors (Lipinski definition) is 2. The van der Waals surface area contributed by atoms with Crippen molar-refractivity contribution in [2.45, 2.75) is 37.0 Å². The van der Waals surface area contributed by atoms with Crippen molar-refractivity contribution in [1.29, 1.82) is 0 Å². The first-order valence-corrected chi connectivity index (χ1v) is 9.79. The van der Waals surface area contributed by atoms with Crippen LogP contribution in [-0.2, 0) is 15.8 Å². The zero-order valence-corrected chi connectivity index (χ0v) is 15.2. The molecule has 0 saturated heterocycles. The highest BCUT2D eigenvalue weighted by Crippen LogP contribution is 2.40. The van der Waals surface area contributed by atoms with Crippen LogP contribution in [0.15, 0.2) is 53.4 Å². The summed E-state index contributed by atoms with van der Waals surface area (Å²) in [4.78, 5) is 11.7. The first-order valence-electron chi connectivity index (χ1n) is 8.69. The number of hydroxylamine groups is 1. The second-order valence-electron chi connectivity index (χ2n) is 6.07. The van der Waals surface area contributed by atoms with Gasteiger partial charge in [0, 0.05) is 13.0 Å². The molecule has 138 valence electrons. The largest absolute Gasteiger partial charge is 0.454 e. The molecule has 2 N–H and O–H groups in total. The molecule has 2 aromatic carbocycles. The molecule has 0 fully saturated rings. The highest BCUT2D eigenvalue weighted by Gasteiger charge is 2.26. The SMILES string of the molecule is O=C(CCCCCCN1c2ccccc2Oc2ccccc2S1=O)NO. The van der Waals surface area contributed by atoms with Gasteiger partial charge in [-0.3, -0.25) is 14.3 Å². The molecule has 0 bridgehead atoms. The Morgan fingerprint density at radius 2 is 1.69 bits per heavy atom. The minimum atomic E-state index is -1.34. The maximum Gasteiger partial charge on any atom is 0.243 e. The Bertz CT molecular complexity index is 797. The van der Waals surface area contributed by atoms with Crippen LogP contribution < -0.4 is 14.5 Å². The fourth-order valence-corrected chi connectivity index (χ4v) is 4.25. The van der Waals surface area contributed by atoms with Crippen molar-refractivity contribution < 1.29 is 18.9 Å². The van der Waals surface area contributed by atoms with E-state index in [1.807, 2.05) is 52.8 Å². The Labute approximate surface area is 155 Å². The van der Waals surface area contributed by atoms with Crippen molar-refractivity contribution in [2.24, 2.45) is 0 Å². The number of rotatable bonds is 7. The molecule has 0 spiro atoms. The van der Waals surface area contributed by atoms with Gasteiger partial charge in [0.25, 0.3) is 0 Å². The summed E-state index contributed by atoms with van der Waals surface area (Å²) in [6, 6.07) is 15.0. The Balaban J connectivity index is 1.67. The molecule has 26 heavy (non-hydrogen) atoms. The third kappa shape index (κ3) is 4.23. The molecule has 1 aliphatic rings. The molecule has 1 amide bonds. The summed E-state index contributed by atoms with van der Waals surface area (Å²) >= 11 is 0. The molecule has 0 aliphatic carbocycles. The van der Waals surface area contributed by atoms with Crippen LogP contribution in [0.5, 0.6) is 11.5 Å². The zero-order valence-electron chi connectivity index (χ0n) is 14.4. The van der Waals surface area contributed by atoms with Gasteiger partial charge in [0.2, 0.25) is 5.91 Å². The lowest BCUT2D eigenvalue weighted by atomic mass is 10.1. The first kappa shape index (κ1) is 18.4. The minimum Gasteiger partial charge on any atom is -0.454 e. The number of carbonyl (C=O) groups excluding carboxylic acids is 1. The lowest BCUT2D eigenvalue weighted by Gasteiger charge is -2.22. The summed E-state index contributed by atoms with van der Waals surface area (Å²) < 4.78 is 21.0. The van der Waals surface area contributed by atoms with Gasteiger partial charge in [-0.25, -0.2) is 9.69 Å². The summed E-state index contributed by atoms with van der Waals surface area (Å²) in [5.41, 5.74) is 2.46. The van der Waals surface area contributed by atoms with Crippen LogP contribution in [-0.4, -0.2) is 21.9 Å². The van der Waals surface area contributed by atoms with Crippen molar-refractivity contribution in [2.75, 3.05) is 10.8 Å². The van der Waals surface area contributed by atoms with E-state index in [0.717, 1.165) is 31.4 Å². The third-order valence-electron chi connectivity index (χ3n) is 4.23. The Hall–Kier alpha value is -2.38. The molecule has 2 aromatic rings. The van der Waals surface area contributed by atoms with E-state index in [-0.39, 0.29) is 5.91 Å². The number of nitrogens with one attached hydrogen (secondary N) is 1.